The minimum atomic E-state index is -0.644. The zero-order chi connectivity index (χ0) is 25.3. The highest BCUT2D eigenvalue weighted by Gasteiger charge is 2.24. The van der Waals surface area contributed by atoms with Gasteiger partial charge in [0.15, 0.2) is 5.82 Å². The molecule has 9 heteroatoms. The van der Waals surface area contributed by atoms with E-state index in [1.54, 1.807) is 30.9 Å². The van der Waals surface area contributed by atoms with Crippen LogP contribution in [0.15, 0.2) is 59.9 Å². The molecule has 3 heterocycles. The number of aryl methyl sites for hydroxylation is 1. The average molecular weight is 473 g/mol. The summed E-state index contributed by atoms with van der Waals surface area (Å²) in [7, 11) is 1.67. The first-order valence-corrected chi connectivity index (χ1v) is 11.2. The van der Waals surface area contributed by atoms with Gasteiger partial charge in [-0.15, -0.1) is 0 Å². The van der Waals surface area contributed by atoms with Gasteiger partial charge in [0.25, 0.3) is 0 Å². The van der Waals surface area contributed by atoms with Gasteiger partial charge in [-0.3, -0.25) is 4.90 Å². The number of benzene rings is 1. The smallest absolute Gasteiger partial charge is 0.414 e. The average Bonchev–Trinajstić information content (AvgIpc) is 3.25. The summed E-state index contributed by atoms with van der Waals surface area (Å²) >= 11 is 0. The molecule has 0 aliphatic rings. The quantitative estimate of drug-likeness (QED) is 0.243. The van der Waals surface area contributed by atoms with Crippen LogP contribution in [0, 0.1) is 6.92 Å². The van der Waals surface area contributed by atoms with Crippen LogP contribution >= 0.6 is 0 Å². The maximum Gasteiger partial charge on any atom is 0.414 e. The van der Waals surface area contributed by atoms with Crippen molar-refractivity contribution >= 4 is 28.4 Å². The Kier molecular flexibility index (Phi) is 6.26. The molecule has 0 aliphatic carbocycles. The minimum absolute atomic E-state index is 0.396. The Balaban J connectivity index is 1.94. The lowest BCUT2D eigenvalue weighted by Gasteiger charge is -2.25. The molecule has 35 heavy (non-hydrogen) atoms. The third-order valence-electron chi connectivity index (χ3n) is 5.35. The fraction of sp³-hybridized carbons (Fsp3) is 0.269. The van der Waals surface area contributed by atoms with Crippen molar-refractivity contribution in [3.63, 3.8) is 0 Å². The second-order valence-electron chi connectivity index (χ2n) is 9.25. The van der Waals surface area contributed by atoms with Crippen LogP contribution in [-0.4, -0.2) is 49.4 Å². The highest BCUT2D eigenvalue weighted by Crippen LogP contribution is 2.34. The van der Waals surface area contributed by atoms with E-state index in [0.29, 0.717) is 28.6 Å². The van der Waals surface area contributed by atoms with Crippen LogP contribution in [0.4, 0.5) is 10.5 Å². The van der Waals surface area contributed by atoms with E-state index in [0.717, 1.165) is 22.2 Å². The Labute approximate surface area is 203 Å². The molecule has 180 valence electrons. The third-order valence-corrected chi connectivity index (χ3v) is 5.35. The van der Waals surface area contributed by atoms with Gasteiger partial charge in [-0.1, -0.05) is 17.3 Å². The van der Waals surface area contributed by atoms with E-state index in [1.165, 1.54) is 4.90 Å². The molecule has 1 amide bonds. The number of rotatable bonds is 4. The van der Waals surface area contributed by atoms with E-state index in [1.807, 2.05) is 70.2 Å². The van der Waals surface area contributed by atoms with Crippen LogP contribution in [0.1, 0.15) is 39.1 Å². The number of ether oxygens (including phenoxy) is 1. The van der Waals surface area contributed by atoms with Crippen molar-refractivity contribution in [2.24, 2.45) is 5.16 Å². The second kappa shape index (κ2) is 9.17. The summed E-state index contributed by atoms with van der Waals surface area (Å²) in [6.07, 6.45) is 1.23. The number of aromatic nitrogens is 4. The number of amides is 1. The summed E-state index contributed by atoms with van der Waals surface area (Å²) in [5, 5.41) is 17.8. The molecule has 0 atom stereocenters. The summed E-state index contributed by atoms with van der Waals surface area (Å²) in [6.45, 7) is 9.07. The van der Waals surface area contributed by atoms with Crippen molar-refractivity contribution in [2.75, 3.05) is 11.9 Å². The molecule has 0 saturated carbocycles. The summed E-state index contributed by atoms with van der Waals surface area (Å²) < 4.78 is 7.35. The molecule has 0 radical (unpaired) electrons. The summed E-state index contributed by atoms with van der Waals surface area (Å²) in [5.74, 6) is 0.660. The fourth-order valence-electron chi connectivity index (χ4n) is 3.64. The predicted octanol–water partition coefficient (Wildman–Crippen LogP) is 5.36. The normalized spacial score (nSPS) is 12.1. The van der Waals surface area contributed by atoms with E-state index in [9.17, 15) is 10.0 Å². The Morgan fingerprint density at radius 3 is 2.54 bits per heavy atom. The first-order valence-electron chi connectivity index (χ1n) is 11.2. The molecule has 0 spiro atoms. The molecule has 0 saturated heterocycles. The Morgan fingerprint density at radius 1 is 1.11 bits per heavy atom. The largest absolute Gasteiger partial charge is 0.443 e. The molecular weight excluding hydrogens is 444 g/mol. The van der Waals surface area contributed by atoms with E-state index in [-0.39, 0.29) is 0 Å². The lowest BCUT2D eigenvalue weighted by molar-refractivity contribution is 0.0590. The van der Waals surface area contributed by atoms with Gasteiger partial charge in [-0.2, -0.15) is 5.10 Å². The first-order chi connectivity index (χ1) is 16.6. The fourth-order valence-corrected chi connectivity index (χ4v) is 3.64. The van der Waals surface area contributed by atoms with Gasteiger partial charge in [0, 0.05) is 23.7 Å². The minimum Gasteiger partial charge on any atom is -0.443 e. The predicted molar refractivity (Wildman–Crippen MR) is 135 cm³/mol. The number of fused-ring (bicyclic) bond motifs is 1. The molecule has 3 aromatic heterocycles. The van der Waals surface area contributed by atoms with Crippen molar-refractivity contribution in [1.29, 1.82) is 0 Å². The lowest BCUT2D eigenvalue weighted by Crippen LogP contribution is -2.34. The second-order valence-corrected chi connectivity index (χ2v) is 9.25. The number of hydrogen-bond donors (Lipinski definition) is 1. The Morgan fingerprint density at radius 2 is 1.86 bits per heavy atom. The summed E-state index contributed by atoms with van der Waals surface area (Å²) in [4.78, 5) is 23.7. The number of oxime groups is 1. The van der Waals surface area contributed by atoms with Gasteiger partial charge >= 0.3 is 6.09 Å². The number of anilines is 1. The molecule has 0 bridgehead atoms. The number of nitrogens with zero attached hydrogens (tertiary/aromatic N) is 6. The van der Waals surface area contributed by atoms with Crippen LogP contribution in [0.25, 0.3) is 28.0 Å². The molecule has 4 aromatic rings. The zero-order valence-corrected chi connectivity index (χ0v) is 20.6. The van der Waals surface area contributed by atoms with Crippen LogP contribution in [0.2, 0.25) is 0 Å². The van der Waals surface area contributed by atoms with Crippen LogP contribution in [0.3, 0.4) is 0 Å². The number of hydrogen-bond acceptors (Lipinski definition) is 7. The molecular formula is C26H28N6O3. The third kappa shape index (κ3) is 4.98. The lowest BCUT2D eigenvalue weighted by atomic mass is 10.1. The topological polar surface area (TPSA) is 106 Å². The van der Waals surface area contributed by atoms with Gasteiger partial charge in [0.2, 0.25) is 0 Å². The van der Waals surface area contributed by atoms with E-state index in [4.69, 9.17) is 4.74 Å². The molecule has 1 aromatic carbocycles. The molecule has 0 unspecified atom stereocenters. The zero-order valence-electron chi connectivity index (χ0n) is 20.6. The maximum absolute atomic E-state index is 13.0. The highest BCUT2D eigenvalue weighted by atomic mass is 16.6. The van der Waals surface area contributed by atoms with Crippen LogP contribution < -0.4 is 4.90 Å². The van der Waals surface area contributed by atoms with Crippen LogP contribution in [0.5, 0.6) is 0 Å². The molecule has 0 fully saturated rings. The van der Waals surface area contributed by atoms with Gasteiger partial charge in [-0.25, -0.2) is 19.4 Å². The summed E-state index contributed by atoms with van der Waals surface area (Å²) in [6, 6.07) is 15.0. The monoisotopic (exact) mass is 472 g/mol. The van der Waals surface area contributed by atoms with Crippen molar-refractivity contribution in [2.45, 2.75) is 40.2 Å². The SMILES string of the molecule is C/C(=N/O)c1cccc(-c2cc(N(C)C(=O)OC(C)(C)C)c3cnn(-c4cccc(C)n4)c3c2)n1. The standard InChI is InChI=1S/C26H28N6O3/c1-16-9-7-12-24(28-16)32-23-14-18(21-11-8-10-20(29-21)17(2)30-34)13-22(19(23)15-27-32)31(6)25(33)35-26(3,4)5/h7-15,34H,1-6H3/b30-17-. The molecule has 9 nitrogen and oxygen atoms in total. The van der Waals surface area contributed by atoms with Gasteiger partial charge in [0.1, 0.15) is 11.3 Å². The molecule has 1 N–H and O–H groups in total. The van der Waals surface area contributed by atoms with E-state index < -0.39 is 11.7 Å². The number of pyridine rings is 2. The van der Waals surface area contributed by atoms with Crippen molar-refractivity contribution in [3.8, 4) is 17.1 Å². The molecule has 0 aliphatic heterocycles. The van der Waals surface area contributed by atoms with Gasteiger partial charge in [0.05, 0.1) is 28.8 Å². The number of carbonyl (C=O) groups excluding carboxylic acids is 1. The first kappa shape index (κ1) is 23.9. The van der Waals surface area contributed by atoms with Crippen molar-refractivity contribution in [3.05, 3.63) is 66.1 Å². The van der Waals surface area contributed by atoms with Gasteiger partial charge < -0.3 is 9.94 Å². The van der Waals surface area contributed by atoms with Crippen LogP contribution in [-0.2, 0) is 4.74 Å². The molecule has 4 rings (SSSR count). The van der Waals surface area contributed by atoms with Crippen molar-refractivity contribution in [1.82, 2.24) is 19.7 Å². The maximum atomic E-state index is 13.0. The number of carbonyl (C=O) groups is 1. The summed E-state index contributed by atoms with van der Waals surface area (Å²) in [5.41, 5.74) is 3.93. The van der Waals surface area contributed by atoms with E-state index >= 15 is 0 Å². The van der Waals surface area contributed by atoms with Crippen molar-refractivity contribution < 1.29 is 14.7 Å². The Hall–Kier alpha value is -4.27. The highest BCUT2D eigenvalue weighted by molar-refractivity contribution is 6.03. The van der Waals surface area contributed by atoms with Gasteiger partial charge in [-0.05, 0) is 71.0 Å². The Bertz CT molecular complexity index is 1430. The van der Waals surface area contributed by atoms with E-state index in [2.05, 4.69) is 20.2 Å².